The number of hydrogen-bond acceptors (Lipinski definition) is 6. The van der Waals surface area contributed by atoms with E-state index >= 15 is 0 Å². The molecule has 8 heteroatoms. The molecule has 162 valence electrons. The molecule has 0 unspecified atom stereocenters. The van der Waals surface area contributed by atoms with Crippen molar-refractivity contribution >= 4 is 22.7 Å². The smallest absolute Gasteiger partial charge is 0.257 e. The summed E-state index contributed by atoms with van der Waals surface area (Å²) < 4.78 is 10.9. The Bertz CT molecular complexity index is 1220. The van der Waals surface area contributed by atoms with Crippen molar-refractivity contribution in [1.29, 1.82) is 0 Å². The number of amides is 1. The summed E-state index contributed by atoms with van der Waals surface area (Å²) in [6.07, 6.45) is 1.55. The lowest BCUT2D eigenvalue weighted by molar-refractivity contribution is 0.0902. The third kappa shape index (κ3) is 4.65. The second-order valence-electron chi connectivity index (χ2n) is 7.24. The maximum atomic E-state index is 12.8. The Morgan fingerprint density at radius 3 is 2.59 bits per heavy atom. The van der Waals surface area contributed by atoms with Crippen LogP contribution in [0.1, 0.15) is 33.5 Å². The van der Waals surface area contributed by atoms with Crippen molar-refractivity contribution < 1.29 is 19.1 Å². The quantitative estimate of drug-likeness (QED) is 0.413. The van der Waals surface area contributed by atoms with E-state index in [1.165, 1.54) is 0 Å². The first kappa shape index (κ1) is 21.2. The Kier molecular flexibility index (Phi) is 6.23. The highest BCUT2D eigenvalue weighted by Crippen LogP contribution is 2.24. The van der Waals surface area contributed by atoms with Gasteiger partial charge < -0.3 is 19.8 Å². The number of aromatic nitrogens is 3. The molecule has 0 fully saturated rings. The summed E-state index contributed by atoms with van der Waals surface area (Å²) in [5, 5.41) is 2.84. The van der Waals surface area contributed by atoms with E-state index < -0.39 is 0 Å². The predicted octanol–water partition coefficient (Wildman–Crippen LogP) is 3.75. The number of ether oxygens (including phenoxy) is 2. The molecule has 0 aliphatic rings. The van der Waals surface area contributed by atoms with Crippen molar-refractivity contribution in [3.8, 4) is 11.6 Å². The zero-order chi connectivity index (χ0) is 22.5. The summed E-state index contributed by atoms with van der Waals surface area (Å²) >= 11 is 0. The fourth-order valence-corrected chi connectivity index (χ4v) is 3.22. The van der Waals surface area contributed by atoms with Crippen LogP contribution in [-0.4, -0.2) is 46.4 Å². The van der Waals surface area contributed by atoms with Gasteiger partial charge in [-0.1, -0.05) is 12.1 Å². The Morgan fingerprint density at radius 1 is 1.06 bits per heavy atom. The number of ketones is 1. The molecule has 0 saturated heterocycles. The molecule has 2 aromatic carbocycles. The summed E-state index contributed by atoms with van der Waals surface area (Å²) in [5.74, 6) is 0.357. The van der Waals surface area contributed by atoms with E-state index in [1.54, 1.807) is 49.7 Å². The summed E-state index contributed by atoms with van der Waals surface area (Å²) in [7, 11) is 1.57. The highest BCUT2D eigenvalue weighted by atomic mass is 16.5. The topological polar surface area (TPSA) is 106 Å². The van der Waals surface area contributed by atoms with E-state index in [1.807, 2.05) is 31.2 Å². The highest BCUT2D eigenvalue weighted by Gasteiger charge is 2.17. The van der Waals surface area contributed by atoms with Gasteiger partial charge in [0, 0.05) is 24.9 Å². The van der Waals surface area contributed by atoms with Crippen LogP contribution in [-0.2, 0) is 4.74 Å². The number of aromatic amines is 1. The largest absolute Gasteiger partial charge is 0.438 e. The van der Waals surface area contributed by atoms with Crippen molar-refractivity contribution in [2.75, 3.05) is 13.7 Å². The standard InChI is InChI=1S/C24H22N4O4/c1-15(14-31-2)26-23(30)18-6-5-13-25-24(18)32-17-11-9-16(10-12-17)21(29)22-27-19-7-3-4-8-20(19)28-22/h3-13,15H,14H2,1-2H3,(H,26,30)(H,27,28)/t15-/m0/s1. The molecule has 8 nitrogen and oxygen atoms in total. The molecule has 0 saturated carbocycles. The zero-order valence-corrected chi connectivity index (χ0v) is 17.7. The normalized spacial score (nSPS) is 11.8. The van der Waals surface area contributed by atoms with Gasteiger partial charge in [0.2, 0.25) is 11.7 Å². The molecule has 1 atom stereocenters. The molecule has 0 aliphatic carbocycles. The van der Waals surface area contributed by atoms with Crippen LogP contribution in [0.15, 0.2) is 66.9 Å². The summed E-state index contributed by atoms with van der Waals surface area (Å²) in [6.45, 7) is 2.24. The number of nitrogens with zero attached hydrogens (tertiary/aromatic N) is 2. The number of benzene rings is 2. The Morgan fingerprint density at radius 2 is 1.84 bits per heavy atom. The molecular weight excluding hydrogens is 408 g/mol. The number of pyridine rings is 1. The Labute approximate surface area is 184 Å². The SMILES string of the molecule is COC[C@H](C)NC(=O)c1cccnc1Oc1ccc(C(=O)c2nc3ccccc3[nH]2)cc1. The van der Waals surface area contributed by atoms with E-state index in [0.29, 0.717) is 23.5 Å². The predicted molar refractivity (Wildman–Crippen MR) is 119 cm³/mol. The monoisotopic (exact) mass is 430 g/mol. The van der Waals surface area contributed by atoms with Gasteiger partial charge >= 0.3 is 0 Å². The number of para-hydroxylation sites is 2. The number of imidazole rings is 1. The second-order valence-corrected chi connectivity index (χ2v) is 7.24. The minimum atomic E-state index is -0.311. The van der Waals surface area contributed by atoms with Gasteiger partial charge in [0.25, 0.3) is 5.91 Å². The number of fused-ring (bicyclic) bond motifs is 1. The van der Waals surface area contributed by atoms with Crippen molar-refractivity contribution in [2.24, 2.45) is 0 Å². The van der Waals surface area contributed by atoms with Gasteiger partial charge in [0.1, 0.15) is 11.3 Å². The summed E-state index contributed by atoms with van der Waals surface area (Å²) in [5.41, 5.74) is 2.30. The van der Waals surface area contributed by atoms with Crippen molar-refractivity contribution in [3.63, 3.8) is 0 Å². The van der Waals surface area contributed by atoms with Gasteiger partial charge in [-0.05, 0) is 55.5 Å². The molecule has 32 heavy (non-hydrogen) atoms. The molecule has 1 amide bonds. The molecule has 0 radical (unpaired) electrons. The molecule has 4 aromatic rings. The third-order valence-electron chi connectivity index (χ3n) is 4.75. The number of H-pyrrole nitrogens is 1. The van der Waals surface area contributed by atoms with E-state index in [0.717, 1.165) is 11.0 Å². The first-order valence-electron chi connectivity index (χ1n) is 10.1. The summed E-state index contributed by atoms with van der Waals surface area (Å²) in [6, 6.07) is 17.2. The van der Waals surface area contributed by atoms with Crippen LogP contribution in [0, 0.1) is 0 Å². The molecule has 4 rings (SSSR count). The van der Waals surface area contributed by atoms with Crippen LogP contribution in [0.3, 0.4) is 0 Å². The summed E-state index contributed by atoms with van der Waals surface area (Å²) in [4.78, 5) is 36.9. The van der Waals surface area contributed by atoms with Gasteiger partial charge in [-0.2, -0.15) is 0 Å². The van der Waals surface area contributed by atoms with Crippen molar-refractivity contribution in [1.82, 2.24) is 20.3 Å². The number of carbonyl (C=O) groups excluding carboxylic acids is 2. The van der Waals surface area contributed by atoms with E-state index in [4.69, 9.17) is 9.47 Å². The average Bonchev–Trinajstić information content (AvgIpc) is 3.24. The van der Waals surface area contributed by atoms with E-state index in [-0.39, 0.29) is 29.4 Å². The van der Waals surface area contributed by atoms with Crippen LogP contribution in [0.2, 0.25) is 0 Å². The van der Waals surface area contributed by atoms with Crippen LogP contribution in [0.4, 0.5) is 0 Å². The van der Waals surface area contributed by atoms with Gasteiger partial charge in [-0.25, -0.2) is 9.97 Å². The Balaban J connectivity index is 1.49. The molecule has 2 N–H and O–H groups in total. The van der Waals surface area contributed by atoms with Gasteiger partial charge in [0.05, 0.1) is 17.6 Å². The number of methoxy groups -OCH3 is 1. The fourth-order valence-electron chi connectivity index (χ4n) is 3.22. The first-order valence-corrected chi connectivity index (χ1v) is 10.1. The number of rotatable bonds is 8. The molecule has 2 heterocycles. The highest BCUT2D eigenvalue weighted by molar-refractivity contribution is 6.08. The maximum Gasteiger partial charge on any atom is 0.257 e. The number of nitrogens with one attached hydrogen (secondary N) is 2. The average molecular weight is 430 g/mol. The molecule has 0 spiro atoms. The van der Waals surface area contributed by atoms with Gasteiger partial charge in [0.15, 0.2) is 5.82 Å². The Hall–Kier alpha value is -4.04. The molecular formula is C24H22N4O4. The second kappa shape index (κ2) is 9.40. The lowest BCUT2D eigenvalue weighted by Crippen LogP contribution is -2.35. The first-order chi connectivity index (χ1) is 15.5. The van der Waals surface area contributed by atoms with Crippen molar-refractivity contribution in [3.05, 3.63) is 83.8 Å². The zero-order valence-electron chi connectivity index (χ0n) is 17.7. The maximum absolute atomic E-state index is 12.8. The van der Waals surface area contributed by atoms with Crippen LogP contribution >= 0.6 is 0 Å². The fraction of sp³-hybridized carbons (Fsp3) is 0.167. The van der Waals surface area contributed by atoms with Gasteiger partial charge in [-0.3, -0.25) is 9.59 Å². The molecule has 0 bridgehead atoms. The van der Waals surface area contributed by atoms with E-state index in [2.05, 4.69) is 20.3 Å². The van der Waals surface area contributed by atoms with Crippen LogP contribution in [0.25, 0.3) is 11.0 Å². The van der Waals surface area contributed by atoms with Gasteiger partial charge in [-0.15, -0.1) is 0 Å². The van der Waals surface area contributed by atoms with Crippen molar-refractivity contribution in [2.45, 2.75) is 13.0 Å². The minimum Gasteiger partial charge on any atom is -0.438 e. The lowest BCUT2D eigenvalue weighted by Gasteiger charge is -2.14. The van der Waals surface area contributed by atoms with Crippen LogP contribution in [0.5, 0.6) is 11.6 Å². The third-order valence-corrected chi connectivity index (χ3v) is 4.75. The molecule has 0 aliphatic heterocycles. The lowest BCUT2D eigenvalue weighted by atomic mass is 10.1. The number of carbonyl (C=O) groups is 2. The van der Waals surface area contributed by atoms with Crippen LogP contribution < -0.4 is 10.1 Å². The molecule has 2 aromatic heterocycles. The van der Waals surface area contributed by atoms with E-state index in [9.17, 15) is 9.59 Å². The minimum absolute atomic E-state index is 0.163. The number of hydrogen-bond donors (Lipinski definition) is 2.